The van der Waals surface area contributed by atoms with Gasteiger partial charge in [0, 0.05) is 5.56 Å². The van der Waals surface area contributed by atoms with Crippen molar-refractivity contribution in [1.29, 1.82) is 0 Å². The Morgan fingerprint density at radius 1 is 1.00 bits per heavy atom. The molecular formula is C22H19Cl2N3O3S. The number of amides is 1. The summed E-state index contributed by atoms with van der Waals surface area (Å²) in [7, 11) is -3.47. The van der Waals surface area contributed by atoms with Gasteiger partial charge < -0.3 is 0 Å². The number of nitrogens with zero attached hydrogens (tertiary/aromatic N) is 2. The van der Waals surface area contributed by atoms with Crippen molar-refractivity contribution in [3.05, 3.63) is 99.5 Å². The molecule has 0 spiro atoms. The molecule has 160 valence electrons. The van der Waals surface area contributed by atoms with Crippen molar-refractivity contribution >= 4 is 51.0 Å². The van der Waals surface area contributed by atoms with Crippen LogP contribution in [0, 0.1) is 0 Å². The molecule has 0 aromatic heterocycles. The summed E-state index contributed by atoms with van der Waals surface area (Å²) in [5.41, 5.74) is 4.83. The first-order valence-corrected chi connectivity index (χ1v) is 11.7. The van der Waals surface area contributed by atoms with Gasteiger partial charge in [-0.25, -0.2) is 13.8 Å². The highest BCUT2D eigenvalue weighted by molar-refractivity contribution is 7.92. The van der Waals surface area contributed by atoms with Crippen molar-refractivity contribution in [2.24, 2.45) is 5.10 Å². The maximum Gasteiger partial charge on any atom is 0.271 e. The van der Waals surface area contributed by atoms with E-state index in [0.29, 0.717) is 26.9 Å². The molecule has 1 N–H and O–H groups in total. The van der Waals surface area contributed by atoms with Crippen LogP contribution in [0.15, 0.2) is 77.9 Å². The number of halogens is 2. The lowest BCUT2D eigenvalue weighted by atomic mass is 10.1. The van der Waals surface area contributed by atoms with Crippen LogP contribution in [0.25, 0.3) is 0 Å². The molecule has 9 heteroatoms. The van der Waals surface area contributed by atoms with Gasteiger partial charge in [0.25, 0.3) is 5.91 Å². The minimum absolute atomic E-state index is 0.153. The third-order valence-corrected chi connectivity index (χ3v) is 6.19. The van der Waals surface area contributed by atoms with Crippen LogP contribution in [0.5, 0.6) is 0 Å². The Labute approximate surface area is 191 Å². The maximum absolute atomic E-state index is 12.3. The number of hydrogen-bond donors (Lipinski definition) is 1. The first-order valence-electron chi connectivity index (χ1n) is 9.14. The smallest absolute Gasteiger partial charge is 0.267 e. The Balaban J connectivity index is 1.66. The van der Waals surface area contributed by atoms with Gasteiger partial charge in [-0.3, -0.25) is 9.10 Å². The van der Waals surface area contributed by atoms with Gasteiger partial charge in [0.2, 0.25) is 10.0 Å². The fraction of sp³-hybridized carbons (Fsp3) is 0.0909. The molecule has 1 amide bonds. The molecule has 3 aromatic rings. The molecule has 0 saturated heterocycles. The average Bonchev–Trinajstić information content (AvgIpc) is 2.74. The minimum Gasteiger partial charge on any atom is -0.267 e. The van der Waals surface area contributed by atoms with Gasteiger partial charge in [0.05, 0.1) is 34.7 Å². The Kier molecular flexibility index (Phi) is 7.33. The molecule has 0 aliphatic heterocycles. The first-order chi connectivity index (χ1) is 14.7. The quantitative estimate of drug-likeness (QED) is 0.396. The minimum atomic E-state index is -3.47. The number of carbonyl (C=O) groups excluding carboxylic acids is 1. The van der Waals surface area contributed by atoms with E-state index in [4.69, 9.17) is 23.2 Å². The molecule has 0 unspecified atom stereocenters. The number of rotatable bonds is 7. The third-order valence-electron chi connectivity index (χ3n) is 4.31. The summed E-state index contributed by atoms with van der Waals surface area (Å²) >= 11 is 11.8. The average molecular weight is 476 g/mol. The molecule has 31 heavy (non-hydrogen) atoms. The molecular weight excluding hydrogens is 457 g/mol. The number of carbonyl (C=O) groups is 1. The van der Waals surface area contributed by atoms with Crippen molar-refractivity contribution in [3.8, 4) is 0 Å². The maximum atomic E-state index is 12.3. The second-order valence-corrected chi connectivity index (χ2v) is 9.40. The van der Waals surface area contributed by atoms with Crippen molar-refractivity contribution in [1.82, 2.24) is 5.43 Å². The number of para-hydroxylation sites is 1. The number of anilines is 1. The second-order valence-electron chi connectivity index (χ2n) is 6.67. The zero-order chi connectivity index (χ0) is 22.4. The fourth-order valence-corrected chi connectivity index (χ4v) is 3.94. The van der Waals surface area contributed by atoms with Gasteiger partial charge in [-0.2, -0.15) is 5.10 Å². The van der Waals surface area contributed by atoms with E-state index in [9.17, 15) is 13.2 Å². The Hall–Kier alpha value is -2.87. The van der Waals surface area contributed by atoms with Gasteiger partial charge >= 0.3 is 0 Å². The van der Waals surface area contributed by atoms with E-state index < -0.39 is 15.9 Å². The van der Waals surface area contributed by atoms with Crippen LogP contribution < -0.4 is 9.73 Å². The Morgan fingerprint density at radius 2 is 1.68 bits per heavy atom. The summed E-state index contributed by atoms with van der Waals surface area (Å²) in [6, 6.07) is 20.5. The van der Waals surface area contributed by atoms with Crippen LogP contribution in [0.3, 0.4) is 0 Å². The van der Waals surface area contributed by atoms with Crippen LogP contribution in [-0.4, -0.2) is 26.8 Å². The monoisotopic (exact) mass is 475 g/mol. The summed E-state index contributed by atoms with van der Waals surface area (Å²) in [4.78, 5) is 12.3. The van der Waals surface area contributed by atoms with E-state index in [0.717, 1.165) is 11.8 Å². The zero-order valence-electron chi connectivity index (χ0n) is 16.5. The first kappa shape index (κ1) is 22.8. The molecule has 3 aromatic carbocycles. The van der Waals surface area contributed by atoms with Gasteiger partial charge in [0.1, 0.15) is 0 Å². The summed E-state index contributed by atoms with van der Waals surface area (Å²) in [5, 5.41) is 4.75. The van der Waals surface area contributed by atoms with Gasteiger partial charge in [-0.05, 0) is 47.5 Å². The number of benzene rings is 3. The Morgan fingerprint density at radius 3 is 2.29 bits per heavy atom. The van der Waals surface area contributed by atoms with Gasteiger partial charge in [0.15, 0.2) is 0 Å². The highest BCUT2D eigenvalue weighted by Gasteiger charge is 2.17. The normalized spacial score (nSPS) is 11.5. The number of sulfonamides is 1. The molecule has 0 fully saturated rings. The molecule has 6 nitrogen and oxygen atoms in total. The predicted molar refractivity (Wildman–Crippen MR) is 125 cm³/mol. The van der Waals surface area contributed by atoms with E-state index in [2.05, 4.69) is 10.5 Å². The second kappa shape index (κ2) is 9.96. The van der Waals surface area contributed by atoms with E-state index in [-0.39, 0.29) is 6.54 Å². The lowest BCUT2D eigenvalue weighted by Gasteiger charge is -2.22. The van der Waals surface area contributed by atoms with Crippen LogP contribution in [0.4, 0.5) is 5.69 Å². The van der Waals surface area contributed by atoms with Gasteiger partial charge in [-0.15, -0.1) is 0 Å². The van der Waals surface area contributed by atoms with Crippen LogP contribution in [0.2, 0.25) is 10.0 Å². The SMILES string of the molecule is CS(=O)(=O)N(Cc1ccc(C(=O)N/N=C\c2ccc(Cl)c(Cl)c2)cc1)c1ccccc1. The molecule has 0 heterocycles. The predicted octanol–water partition coefficient (Wildman–Crippen LogP) is 4.72. The number of hydrogen-bond acceptors (Lipinski definition) is 4. The third kappa shape index (κ3) is 6.30. The molecule has 0 atom stereocenters. The molecule has 0 radical (unpaired) electrons. The standard InChI is InChI=1S/C22H19Cl2N3O3S/c1-31(29,30)27(19-5-3-2-4-6-19)15-16-7-10-18(11-8-16)22(28)26-25-14-17-9-12-20(23)21(24)13-17/h2-14H,15H2,1H3,(H,26,28)/b25-14-. The molecule has 0 saturated carbocycles. The topological polar surface area (TPSA) is 78.8 Å². The van der Waals surface area contributed by atoms with Gasteiger partial charge in [-0.1, -0.05) is 59.6 Å². The largest absolute Gasteiger partial charge is 0.271 e. The summed E-state index contributed by atoms with van der Waals surface area (Å²) in [6.45, 7) is 0.153. The van der Waals surface area contributed by atoms with Crippen molar-refractivity contribution in [2.45, 2.75) is 6.54 Å². The van der Waals surface area contributed by atoms with Crippen molar-refractivity contribution in [2.75, 3.05) is 10.6 Å². The van der Waals surface area contributed by atoms with E-state index in [1.807, 2.05) is 6.07 Å². The zero-order valence-corrected chi connectivity index (χ0v) is 18.8. The highest BCUT2D eigenvalue weighted by atomic mass is 35.5. The number of nitrogens with one attached hydrogen (secondary N) is 1. The highest BCUT2D eigenvalue weighted by Crippen LogP contribution is 2.22. The lowest BCUT2D eigenvalue weighted by Crippen LogP contribution is -2.29. The summed E-state index contributed by atoms with van der Waals surface area (Å²) in [5.74, 6) is -0.397. The fourth-order valence-electron chi connectivity index (χ4n) is 2.74. The number of hydrazone groups is 1. The van der Waals surface area contributed by atoms with Crippen molar-refractivity contribution < 1.29 is 13.2 Å². The van der Waals surface area contributed by atoms with Crippen LogP contribution >= 0.6 is 23.2 Å². The molecule has 3 rings (SSSR count). The summed E-state index contributed by atoms with van der Waals surface area (Å²) < 4.78 is 25.7. The molecule has 0 aliphatic carbocycles. The van der Waals surface area contributed by atoms with E-state index >= 15 is 0 Å². The van der Waals surface area contributed by atoms with E-state index in [1.54, 1.807) is 66.7 Å². The summed E-state index contributed by atoms with van der Waals surface area (Å²) in [6.07, 6.45) is 2.62. The van der Waals surface area contributed by atoms with E-state index in [1.165, 1.54) is 10.5 Å². The van der Waals surface area contributed by atoms with Crippen molar-refractivity contribution in [3.63, 3.8) is 0 Å². The van der Waals surface area contributed by atoms with Crippen LogP contribution in [-0.2, 0) is 16.6 Å². The molecule has 0 bridgehead atoms. The lowest BCUT2D eigenvalue weighted by molar-refractivity contribution is 0.0955. The van der Waals surface area contributed by atoms with Crippen LogP contribution in [0.1, 0.15) is 21.5 Å². The Bertz CT molecular complexity index is 1200. The molecule has 0 aliphatic rings.